The first-order valence-electron chi connectivity index (χ1n) is 5.61. The van der Waals surface area contributed by atoms with Gasteiger partial charge in [0.2, 0.25) is 0 Å². The number of hydrogen-bond donors (Lipinski definition) is 1. The number of nitrogen functional groups attached to an aromatic ring is 1. The summed E-state index contributed by atoms with van der Waals surface area (Å²) in [6, 6.07) is 13.8. The molecule has 94 valence electrons. The highest BCUT2D eigenvalue weighted by Gasteiger charge is 1.96. The van der Waals surface area contributed by atoms with E-state index in [9.17, 15) is 4.39 Å². The second-order valence-electron chi connectivity index (χ2n) is 3.72. The summed E-state index contributed by atoms with van der Waals surface area (Å²) >= 11 is 1.70. The van der Waals surface area contributed by atoms with Gasteiger partial charge in [-0.05, 0) is 48.5 Å². The molecule has 0 saturated carbocycles. The molecule has 0 bridgehead atoms. The maximum Gasteiger partial charge on any atom is 0.123 e. The zero-order valence-corrected chi connectivity index (χ0v) is 10.6. The summed E-state index contributed by atoms with van der Waals surface area (Å²) in [5.41, 5.74) is 6.37. The van der Waals surface area contributed by atoms with E-state index in [1.807, 2.05) is 24.3 Å². The Hall–Kier alpha value is -1.68. The molecule has 0 heterocycles. The molecule has 2 N–H and O–H groups in total. The van der Waals surface area contributed by atoms with Crippen molar-refractivity contribution in [2.75, 3.05) is 18.1 Å². The first kappa shape index (κ1) is 12.8. The lowest BCUT2D eigenvalue weighted by Gasteiger charge is -2.06. The first-order chi connectivity index (χ1) is 8.74. The van der Waals surface area contributed by atoms with E-state index < -0.39 is 0 Å². The molecule has 0 atom stereocenters. The number of thioether (sulfide) groups is 1. The summed E-state index contributed by atoms with van der Waals surface area (Å²) in [4.78, 5) is 1.16. The van der Waals surface area contributed by atoms with Gasteiger partial charge in [0.25, 0.3) is 0 Å². The lowest BCUT2D eigenvalue weighted by atomic mass is 10.3. The predicted molar refractivity (Wildman–Crippen MR) is 73.5 cm³/mol. The molecule has 0 unspecified atom stereocenters. The Morgan fingerprint density at radius 3 is 2.33 bits per heavy atom. The fourth-order valence-corrected chi connectivity index (χ4v) is 2.14. The standard InChI is InChI=1S/C14H14FNOS/c15-11-1-5-13(6-2-11)17-9-10-18-14-7-3-12(16)4-8-14/h1-8H,9-10,16H2. The fraction of sp³-hybridized carbons (Fsp3) is 0.143. The molecule has 0 aliphatic rings. The third-order valence-electron chi connectivity index (χ3n) is 2.31. The Morgan fingerprint density at radius 2 is 1.67 bits per heavy atom. The molecule has 0 aromatic heterocycles. The van der Waals surface area contributed by atoms with Crippen molar-refractivity contribution in [3.8, 4) is 5.75 Å². The number of ether oxygens (including phenoxy) is 1. The molecule has 2 aromatic rings. The van der Waals surface area contributed by atoms with E-state index in [-0.39, 0.29) is 5.82 Å². The van der Waals surface area contributed by atoms with Crippen LogP contribution in [0.4, 0.5) is 10.1 Å². The van der Waals surface area contributed by atoms with Crippen LogP contribution in [0.5, 0.6) is 5.75 Å². The first-order valence-corrected chi connectivity index (χ1v) is 6.59. The third-order valence-corrected chi connectivity index (χ3v) is 3.29. The van der Waals surface area contributed by atoms with Gasteiger partial charge in [0, 0.05) is 16.3 Å². The minimum atomic E-state index is -0.251. The molecule has 18 heavy (non-hydrogen) atoms. The number of anilines is 1. The van der Waals surface area contributed by atoms with E-state index in [1.54, 1.807) is 23.9 Å². The van der Waals surface area contributed by atoms with Crippen LogP contribution in [-0.4, -0.2) is 12.4 Å². The van der Waals surface area contributed by atoms with Gasteiger partial charge in [0.15, 0.2) is 0 Å². The Morgan fingerprint density at radius 1 is 1.00 bits per heavy atom. The number of hydrogen-bond acceptors (Lipinski definition) is 3. The van der Waals surface area contributed by atoms with E-state index in [0.29, 0.717) is 12.4 Å². The van der Waals surface area contributed by atoms with Crippen LogP contribution < -0.4 is 10.5 Å². The van der Waals surface area contributed by atoms with Crippen LogP contribution in [0, 0.1) is 5.82 Å². The van der Waals surface area contributed by atoms with Crippen molar-refractivity contribution in [2.45, 2.75) is 4.90 Å². The molecule has 0 aliphatic heterocycles. The van der Waals surface area contributed by atoms with Gasteiger partial charge >= 0.3 is 0 Å². The van der Waals surface area contributed by atoms with Crippen molar-refractivity contribution in [3.63, 3.8) is 0 Å². The van der Waals surface area contributed by atoms with Crippen LogP contribution in [0.2, 0.25) is 0 Å². The smallest absolute Gasteiger partial charge is 0.123 e. The highest BCUT2D eigenvalue weighted by atomic mass is 32.2. The molecule has 0 saturated heterocycles. The molecule has 2 aromatic carbocycles. The van der Waals surface area contributed by atoms with Crippen molar-refractivity contribution in [1.82, 2.24) is 0 Å². The van der Waals surface area contributed by atoms with Gasteiger partial charge in [0.05, 0.1) is 6.61 Å². The Balaban J connectivity index is 1.73. The van der Waals surface area contributed by atoms with Gasteiger partial charge in [-0.15, -0.1) is 11.8 Å². The summed E-state index contributed by atoms with van der Waals surface area (Å²) in [6.07, 6.45) is 0. The number of benzene rings is 2. The minimum absolute atomic E-state index is 0.251. The predicted octanol–water partition coefficient (Wildman–Crippen LogP) is 3.58. The van der Waals surface area contributed by atoms with Crippen molar-refractivity contribution in [3.05, 3.63) is 54.3 Å². The number of nitrogens with two attached hydrogens (primary N) is 1. The van der Waals surface area contributed by atoms with E-state index in [4.69, 9.17) is 10.5 Å². The molecular weight excluding hydrogens is 249 g/mol. The quantitative estimate of drug-likeness (QED) is 0.509. The van der Waals surface area contributed by atoms with Gasteiger partial charge in [-0.1, -0.05) is 0 Å². The normalized spacial score (nSPS) is 10.3. The van der Waals surface area contributed by atoms with Gasteiger partial charge in [-0.2, -0.15) is 0 Å². The maximum atomic E-state index is 12.7. The average Bonchev–Trinajstić information content (AvgIpc) is 2.39. The molecule has 0 radical (unpaired) electrons. The molecule has 0 amide bonds. The van der Waals surface area contributed by atoms with Crippen molar-refractivity contribution in [1.29, 1.82) is 0 Å². The molecule has 2 rings (SSSR count). The summed E-state index contributed by atoms with van der Waals surface area (Å²) < 4.78 is 18.2. The van der Waals surface area contributed by atoms with Crippen LogP contribution in [0.25, 0.3) is 0 Å². The van der Waals surface area contributed by atoms with Gasteiger partial charge in [-0.25, -0.2) is 4.39 Å². The van der Waals surface area contributed by atoms with Crippen LogP contribution in [0.15, 0.2) is 53.4 Å². The van der Waals surface area contributed by atoms with Crippen molar-refractivity contribution in [2.24, 2.45) is 0 Å². The summed E-state index contributed by atoms with van der Waals surface area (Å²) in [6.45, 7) is 0.584. The third kappa shape index (κ3) is 3.96. The number of rotatable bonds is 5. The van der Waals surface area contributed by atoms with Crippen LogP contribution in [0.3, 0.4) is 0 Å². The molecular formula is C14H14FNOS. The van der Waals surface area contributed by atoms with Crippen molar-refractivity contribution >= 4 is 17.4 Å². The van der Waals surface area contributed by atoms with Crippen LogP contribution in [-0.2, 0) is 0 Å². The Labute approximate surface area is 110 Å². The van der Waals surface area contributed by atoms with Crippen LogP contribution >= 0.6 is 11.8 Å². The summed E-state index contributed by atoms with van der Waals surface area (Å²) in [5, 5.41) is 0. The van der Waals surface area contributed by atoms with Gasteiger partial charge in [0.1, 0.15) is 11.6 Å². The second-order valence-corrected chi connectivity index (χ2v) is 4.89. The van der Waals surface area contributed by atoms with Gasteiger partial charge < -0.3 is 10.5 Å². The van der Waals surface area contributed by atoms with Crippen molar-refractivity contribution < 1.29 is 9.13 Å². The molecule has 0 aliphatic carbocycles. The lowest BCUT2D eigenvalue weighted by molar-refractivity contribution is 0.343. The zero-order chi connectivity index (χ0) is 12.8. The molecule has 0 fully saturated rings. The van der Waals surface area contributed by atoms with Gasteiger partial charge in [-0.3, -0.25) is 0 Å². The second kappa shape index (κ2) is 6.31. The molecule has 2 nitrogen and oxygen atoms in total. The fourth-order valence-electron chi connectivity index (χ4n) is 1.41. The Kier molecular flexibility index (Phi) is 4.47. The highest BCUT2D eigenvalue weighted by Crippen LogP contribution is 2.19. The maximum absolute atomic E-state index is 12.7. The SMILES string of the molecule is Nc1ccc(SCCOc2ccc(F)cc2)cc1. The van der Waals surface area contributed by atoms with E-state index in [0.717, 1.165) is 16.3 Å². The number of halogens is 1. The zero-order valence-electron chi connectivity index (χ0n) is 9.80. The molecule has 0 spiro atoms. The van der Waals surface area contributed by atoms with E-state index in [2.05, 4.69) is 0 Å². The highest BCUT2D eigenvalue weighted by molar-refractivity contribution is 7.99. The Bertz CT molecular complexity index is 437. The summed E-state index contributed by atoms with van der Waals surface area (Å²) in [5.74, 6) is 1.27. The minimum Gasteiger partial charge on any atom is -0.493 e. The van der Waals surface area contributed by atoms with E-state index in [1.165, 1.54) is 12.1 Å². The lowest BCUT2D eigenvalue weighted by Crippen LogP contribution is -1.99. The van der Waals surface area contributed by atoms with E-state index >= 15 is 0 Å². The average molecular weight is 263 g/mol. The van der Waals surface area contributed by atoms with Crippen LogP contribution in [0.1, 0.15) is 0 Å². The largest absolute Gasteiger partial charge is 0.493 e. The monoisotopic (exact) mass is 263 g/mol. The summed E-state index contributed by atoms with van der Waals surface area (Å²) in [7, 11) is 0. The molecule has 4 heteroatoms. The topological polar surface area (TPSA) is 35.2 Å².